The molecule has 1 atom stereocenters. The van der Waals surface area contributed by atoms with E-state index >= 15 is 0 Å². The van der Waals surface area contributed by atoms with Gasteiger partial charge in [0.25, 0.3) is 0 Å². The van der Waals surface area contributed by atoms with Crippen molar-refractivity contribution >= 4 is 17.3 Å². The third-order valence-electron chi connectivity index (χ3n) is 2.90. The SMILES string of the molecule is Cc1cc(Cl)ccc1N[C@H](C)C1CC1. The van der Waals surface area contributed by atoms with E-state index in [4.69, 9.17) is 11.6 Å². The standard InChI is InChI=1S/C12H16ClN/c1-8-7-11(13)5-6-12(8)14-9(2)10-3-4-10/h5-7,9-10,14H,3-4H2,1-2H3/t9-/m1/s1. The van der Waals surface area contributed by atoms with Crippen LogP contribution in [0, 0.1) is 12.8 Å². The van der Waals surface area contributed by atoms with Crippen molar-refractivity contribution in [3.63, 3.8) is 0 Å². The summed E-state index contributed by atoms with van der Waals surface area (Å²) in [6.07, 6.45) is 2.75. The zero-order valence-electron chi connectivity index (χ0n) is 8.68. The largest absolute Gasteiger partial charge is 0.382 e. The van der Waals surface area contributed by atoms with Gasteiger partial charge in [-0.1, -0.05) is 11.6 Å². The molecule has 0 unspecified atom stereocenters. The molecule has 1 aromatic rings. The number of anilines is 1. The lowest BCUT2D eigenvalue weighted by atomic mass is 10.1. The third kappa shape index (κ3) is 2.21. The van der Waals surface area contributed by atoms with Gasteiger partial charge in [0.2, 0.25) is 0 Å². The molecule has 1 saturated carbocycles. The Morgan fingerprint density at radius 3 is 2.71 bits per heavy atom. The van der Waals surface area contributed by atoms with Crippen LogP contribution in [0.15, 0.2) is 18.2 Å². The molecular weight excluding hydrogens is 194 g/mol. The summed E-state index contributed by atoms with van der Waals surface area (Å²) in [5.41, 5.74) is 2.44. The smallest absolute Gasteiger partial charge is 0.0410 e. The van der Waals surface area contributed by atoms with Gasteiger partial charge < -0.3 is 5.32 Å². The van der Waals surface area contributed by atoms with Gasteiger partial charge in [-0.25, -0.2) is 0 Å². The van der Waals surface area contributed by atoms with Crippen LogP contribution in [-0.4, -0.2) is 6.04 Å². The Labute approximate surface area is 90.5 Å². The third-order valence-corrected chi connectivity index (χ3v) is 3.14. The molecule has 1 aliphatic rings. The summed E-state index contributed by atoms with van der Waals surface area (Å²) in [5.74, 6) is 0.880. The van der Waals surface area contributed by atoms with Crippen molar-refractivity contribution in [1.82, 2.24) is 0 Å². The first-order valence-corrected chi connectivity index (χ1v) is 5.57. The van der Waals surface area contributed by atoms with Crippen molar-refractivity contribution in [2.45, 2.75) is 32.7 Å². The molecular formula is C12H16ClN. The number of halogens is 1. The van der Waals surface area contributed by atoms with Crippen molar-refractivity contribution in [3.05, 3.63) is 28.8 Å². The van der Waals surface area contributed by atoms with Crippen LogP contribution in [0.25, 0.3) is 0 Å². The van der Waals surface area contributed by atoms with E-state index in [1.165, 1.54) is 24.1 Å². The predicted molar refractivity (Wildman–Crippen MR) is 62.0 cm³/mol. The fourth-order valence-corrected chi connectivity index (χ4v) is 1.98. The van der Waals surface area contributed by atoms with Crippen molar-refractivity contribution < 1.29 is 0 Å². The Bertz CT molecular complexity index is 331. The number of aryl methyl sites for hydroxylation is 1. The zero-order valence-corrected chi connectivity index (χ0v) is 9.43. The highest BCUT2D eigenvalue weighted by molar-refractivity contribution is 6.30. The normalized spacial score (nSPS) is 17.9. The second-order valence-electron chi connectivity index (χ2n) is 4.23. The van der Waals surface area contributed by atoms with Gasteiger partial charge in [-0.15, -0.1) is 0 Å². The van der Waals surface area contributed by atoms with Crippen molar-refractivity contribution in [1.29, 1.82) is 0 Å². The molecule has 0 heterocycles. The minimum atomic E-state index is 0.592. The van der Waals surface area contributed by atoms with E-state index in [0.717, 1.165) is 10.9 Å². The number of hydrogen-bond donors (Lipinski definition) is 1. The van der Waals surface area contributed by atoms with Gasteiger partial charge in [0.05, 0.1) is 0 Å². The van der Waals surface area contributed by atoms with Gasteiger partial charge in [0.1, 0.15) is 0 Å². The number of nitrogens with one attached hydrogen (secondary N) is 1. The predicted octanol–water partition coefficient (Wildman–Crippen LogP) is 3.86. The van der Waals surface area contributed by atoms with Crippen LogP contribution in [-0.2, 0) is 0 Å². The molecule has 76 valence electrons. The van der Waals surface area contributed by atoms with Gasteiger partial charge in [-0.3, -0.25) is 0 Å². The lowest BCUT2D eigenvalue weighted by Crippen LogP contribution is -2.17. The van der Waals surface area contributed by atoms with Gasteiger partial charge in [-0.05, 0) is 56.4 Å². The van der Waals surface area contributed by atoms with E-state index in [9.17, 15) is 0 Å². The minimum absolute atomic E-state index is 0.592. The lowest BCUT2D eigenvalue weighted by molar-refractivity contribution is 0.693. The molecule has 0 amide bonds. The molecule has 2 heteroatoms. The van der Waals surface area contributed by atoms with Crippen LogP contribution in [0.3, 0.4) is 0 Å². The van der Waals surface area contributed by atoms with Crippen molar-refractivity contribution in [2.75, 3.05) is 5.32 Å². The fraction of sp³-hybridized carbons (Fsp3) is 0.500. The fourth-order valence-electron chi connectivity index (χ4n) is 1.75. The molecule has 0 aromatic heterocycles. The minimum Gasteiger partial charge on any atom is -0.382 e. The van der Waals surface area contributed by atoms with Crippen LogP contribution in [0.2, 0.25) is 5.02 Å². The highest BCUT2D eigenvalue weighted by Gasteiger charge is 2.27. The molecule has 2 rings (SSSR count). The van der Waals surface area contributed by atoms with Gasteiger partial charge in [0.15, 0.2) is 0 Å². The molecule has 0 radical (unpaired) electrons. The first kappa shape index (κ1) is 9.85. The quantitative estimate of drug-likeness (QED) is 0.797. The van der Waals surface area contributed by atoms with Crippen LogP contribution in [0.4, 0.5) is 5.69 Å². The first-order valence-electron chi connectivity index (χ1n) is 5.19. The maximum Gasteiger partial charge on any atom is 0.0410 e. The average Bonchev–Trinajstić information content (AvgIpc) is 2.92. The van der Waals surface area contributed by atoms with E-state index in [0.29, 0.717) is 6.04 Å². The van der Waals surface area contributed by atoms with Crippen LogP contribution in [0.5, 0.6) is 0 Å². The van der Waals surface area contributed by atoms with E-state index in [1.54, 1.807) is 0 Å². The summed E-state index contributed by atoms with van der Waals surface area (Å²) in [4.78, 5) is 0. The van der Waals surface area contributed by atoms with Crippen molar-refractivity contribution in [3.8, 4) is 0 Å². The molecule has 14 heavy (non-hydrogen) atoms. The van der Waals surface area contributed by atoms with Crippen LogP contribution in [0.1, 0.15) is 25.3 Å². The summed E-state index contributed by atoms with van der Waals surface area (Å²) in [7, 11) is 0. The van der Waals surface area contributed by atoms with E-state index in [-0.39, 0.29) is 0 Å². The summed E-state index contributed by atoms with van der Waals surface area (Å²) in [6.45, 7) is 4.35. The lowest BCUT2D eigenvalue weighted by Gasteiger charge is -2.16. The second kappa shape index (κ2) is 3.82. The van der Waals surface area contributed by atoms with Crippen LogP contribution < -0.4 is 5.32 Å². The average molecular weight is 210 g/mol. The molecule has 1 nitrogen and oxygen atoms in total. The molecule has 1 aromatic carbocycles. The molecule has 1 fully saturated rings. The summed E-state index contributed by atoms with van der Waals surface area (Å²) in [5, 5.41) is 4.35. The topological polar surface area (TPSA) is 12.0 Å². The number of hydrogen-bond acceptors (Lipinski definition) is 1. The highest BCUT2D eigenvalue weighted by atomic mass is 35.5. The highest BCUT2D eigenvalue weighted by Crippen LogP contribution is 2.34. The van der Waals surface area contributed by atoms with Gasteiger partial charge >= 0.3 is 0 Å². The first-order chi connectivity index (χ1) is 6.66. The molecule has 0 bridgehead atoms. The molecule has 1 N–H and O–H groups in total. The van der Waals surface area contributed by atoms with Crippen LogP contribution >= 0.6 is 11.6 Å². The maximum absolute atomic E-state index is 5.90. The summed E-state index contributed by atoms with van der Waals surface area (Å²) >= 11 is 5.90. The molecule has 0 spiro atoms. The summed E-state index contributed by atoms with van der Waals surface area (Å²) < 4.78 is 0. The Hall–Kier alpha value is -0.690. The monoisotopic (exact) mass is 209 g/mol. The molecule has 1 aliphatic carbocycles. The Morgan fingerprint density at radius 2 is 2.14 bits per heavy atom. The second-order valence-corrected chi connectivity index (χ2v) is 4.67. The van der Waals surface area contributed by atoms with Crippen molar-refractivity contribution in [2.24, 2.45) is 5.92 Å². The van der Waals surface area contributed by atoms with Gasteiger partial charge in [-0.2, -0.15) is 0 Å². The Balaban J connectivity index is 2.07. The molecule has 0 aliphatic heterocycles. The number of rotatable bonds is 3. The van der Waals surface area contributed by atoms with E-state index < -0.39 is 0 Å². The zero-order chi connectivity index (χ0) is 10.1. The molecule has 0 saturated heterocycles. The van der Waals surface area contributed by atoms with Gasteiger partial charge in [0, 0.05) is 16.8 Å². The maximum atomic E-state index is 5.90. The Morgan fingerprint density at radius 1 is 1.43 bits per heavy atom. The number of benzene rings is 1. The van der Waals surface area contributed by atoms with E-state index in [2.05, 4.69) is 25.2 Å². The summed E-state index contributed by atoms with van der Waals surface area (Å²) in [6, 6.07) is 6.60. The Kier molecular flexibility index (Phi) is 2.69. The van der Waals surface area contributed by atoms with E-state index in [1.807, 2.05) is 12.1 Å².